The number of fused-ring (bicyclic) bond motifs is 1. The summed E-state index contributed by atoms with van der Waals surface area (Å²) in [6.07, 6.45) is 2.64. The molecule has 0 N–H and O–H groups in total. The number of rotatable bonds is 9. The fourth-order valence-corrected chi connectivity index (χ4v) is 5.56. The van der Waals surface area contributed by atoms with Crippen LogP contribution >= 0.6 is 0 Å². The van der Waals surface area contributed by atoms with Crippen LogP contribution in [0.25, 0.3) is 10.9 Å². The summed E-state index contributed by atoms with van der Waals surface area (Å²) < 4.78 is 13.5. The summed E-state index contributed by atoms with van der Waals surface area (Å²) in [5, 5.41) is 1.17. The molecule has 0 radical (unpaired) electrons. The Morgan fingerprint density at radius 3 is 2.29 bits per heavy atom. The smallest absolute Gasteiger partial charge is 0.223 e. The van der Waals surface area contributed by atoms with Crippen LogP contribution in [0.15, 0.2) is 79.0 Å². The van der Waals surface area contributed by atoms with Crippen molar-refractivity contribution in [1.82, 2.24) is 14.4 Å². The topological polar surface area (TPSA) is 46.9 Å². The lowest BCUT2D eigenvalue weighted by molar-refractivity contribution is -0.133. The molecule has 0 bridgehead atoms. The van der Waals surface area contributed by atoms with Crippen molar-refractivity contribution >= 4 is 16.8 Å². The molecule has 1 amide bonds. The molecule has 5 rings (SSSR count). The first-order valence-corrected chi connectivity index (χ1v) is 13.4. The first-order chi connectivity index (χ1) is 18.6. The molecular formula is C32H37N3O3. The highest BCUT2D eigenvalue weighted by molar-refractivity contribution is 5.87. The van der Waals surface area contributed by atoms with E-state index in [1.54, 1.807) is 14.2 Å². The van der Waals surface area contributed by atoms with Crippen LogP contribution in [0, 0.1) is 0 Å². The van der Waals surface area contributed by atoms with E-state index in [-0.39, 0.29) is 11.8 Å². The molecule has 1 saturated heterocycles. The Morgan fingerprint density at radius 2 is 1.58 bits per heavy atom. The molecule has 0 aliphatic carbocycles. The van der Waals surface area contributed by atoms with Gasteiger partial charge in [0, 0.05) is 62.2 Å². The largest absolute Gasteiger partial charge is 0.493 e. The van der Waals surface area contributed by atoms with Gasteiger partial charge in [-0.25, -0.2) is 0 Å². The number of piperazine rings is 1. The fraction of sp³-hybridized carbons (Fsp3) is 0.344. The zero-order valence-corrected chi connectivity index (χ0v) is 22.6. The number of methoxy groups -OCH3 is 2. The minimum Gasteiger partial charge on any atom is -0.493 e. The maximum atomic E-state index is 13.7. The van der Waals surface area contributed by atoms with E-state index in [2.05, 4.69) is 77.2 Å². The lowest BCUT2D eigenvalue weighted by Gasteiger charge is -2.35. The number of para-hydroxylation sites is 1. The molecular weight excluding hydrogens is 474 g/mol. The first-order valence-electron chi connectivity index (χ1n) is 13.4. The number of carbonyl (C=O) groups is 1. The summed E-state index contributed by atoms with van der Waals surface area (Å²) in [5.74, 6) is 1.43. The van der Waals surface area contributed by atoms with E-state index in [1.807, 2.05) is 23.1 Å². The fourth-order valence-electron chi connectivity index (χ4n) is 5.56. The van der Waals surface area contributed by atoms with E-state index in [0.29, 0.717) is 17.9 Å². The third-order valence-corrected chi connectivity index (χ3v) is 7.75. The Labute approximate surface area is 225 Å². The predicted molar refractivity (Wildman–Crippen MR) is 152 cm³/mol. The molecule has 6 heteroatoms. The molecule has 1 atom stereocenters. The average molecular weight is 512 g/mol. The van der Waals surface area contributed by atoms with Crippen LogP contribution in [0.3, 0.4) is 0 Å². The van der Waals surface area contributed by atoms with Gasteiger partial charge < -0.3 is 23.8 Å². The highest BCUT2D eigenvalue weighted by atomic mass is 16.5. The Balaban J connectivity index is 1.55. The minimum absolute atomic E-state index is 0.117. The van der Waals surface area contributed by atoms with Gasteiger partial charge in [-0.3, -0.25) is 4.79 Å². The van der Waals surface area contributed by atoms with Crippen LogP contribution in [-0.4, -0.2) is 67.2 Å². The van der Waals surface area contributed by atoms with E-state index in [1.165, 1.54) is 16.5 Å². The SMILES string of the molecule is CCN1CCN(C(=O)C[C@H](c2ccc(OC)c(OC)c2)c2cn(Cc3ccccc3)c3ccccc23)CC1. The molecule has 38 heavy (non-hydrogen) atoms. The normalized spacial score (nSPS) is 15.0. The van der Waals surface area contributed by atoms with Crippen molar-refractivity contribution in [1.29, 1.82) is 0 Å². The average Bonchev–Trinajstić information content (AvgIpc) is 3.33. The predicted octanol–water partition coefficient (Wildman–Crippen LogP) is 5.39. The zero-order valence-electron chi connectivity index (χ0n) is 22.6. The highest BCUT2D eigenvalue weighted by Crippen LogP contribution is 2.39. The van der Waals surface area contributed by atoms with Gasteiger partial charge in [0.25, 0.3) is 0 Å². The Hall–Kier alpha value is -3.77. The van der Waals surface area contributed by atoms with Crippen LogP contribution < -0.4 is 9.47 Å². The molecule has 3 aromatic carbocycles. The maximum absolute atomic E-state index is 13.7. The molecule has 0 spiro atoms. The summed E-state index contributed by atoms with van der Waals surface area (Å²) in [6, 6.07) is 25.0. The van der Waals surface area contributed by atoms with Crippen LogP contribution in [0.4, 0.5) is 0 Å². The standard InChI is InChI=1S/C32H37N3O3/c1-4-33-16-18-34(19-17-33)32(36)21-27(25-14-15-30(37-2)31(20-25)38-3)28-23-35(22-24-10-6-5-7-11-24)29-13-9-8-12-26(28)29/h5-15,20,23,27H,4,16-19,21-22H2,1-3H3/t27-/m1/s1. The van der Waals surface area contributed by atoms with Gasteiger partial charge in [-0.1, -0.05) is 61.5 Å². The second kappa shape index (κ2) is 11.7. The quantitative estimate of drug-likeness (QED) is 0.302. The highest BCUT2D eigenvalue weighted by Gasteiger charge is 2.28. The Kier molecular flexibility index (Phi) is 7.99. The minimum atomic E-state index is -0.117. The summed E-state index contributed by atoms with van der Waals surface area (Å²) in [4.78, 5) is 18.1. The number of nitrogens with zero attached hydrogens (tertiary/aromatic N) is 3. The van der Waals surface area contributed by atoms with Gasteiger partial charge in [0.05, 0.1) is 14.2 Å². The van der Waals surface area contributed by atoms with Crippen molar-refractivity contribution in [3.8, 4) is 11.5 Å². The van der Waals surface area contributed by atoms with Crippen LogP contribution in [-0.2, 0) is 11.3 Å². The van der Waals surface area contributed by atoms with Gasteiger partial charge in [-0.15, -0.1) is 0 Å². The molecule has 0 unspecified atom stereocenters. The van der Waals surface area contributed by atoms with E-state index < -0.39 is 0 Å². The lowest BCUT2D eigenvalue weighted by atomic mass is 9.87. The number of hydrogen-bond acceptors (Lipinski definition) is 4. The van der Waals surface area contributed by atoms with Crippen molar-refractivity contribution in [3.05, 3.63) is 95.7 Å². The van der Waals surface area contributed by atoms with E-state index in [9.17, 15) is 4.79 Å². The molecule has 6 nitrogen and oxygen atoms in total. The number of ether oxygens (including phenoxy) is 2. The third-order valence-electron chi connectivity index (χ3n) is 7.75. The van der Waals surface area contributed by atoms with Gasteiger partial charge >= 0.3 is 0 Å². The molecule has 1 fully saturated rings. The zero-order chi connectivity index (χ0) is 26.5. The number of carbonyl (C=O) groups excluding carboxylic acids is 1. The van der Waals surface area contributed by atoms with E-state index in [4.69, 9.17) is 9.47 Å². The third kappa shape index (κ3) is 5.41. The number of amides is 1. The van der Waals surface area contributed by atoms with Gasteiger partial charge in [0.2, 0.25) is 5.91 Å². The van der Waals surface area contributed by atoms with Crippen molar-refractivity contribution in [2.24, 2.45) is 0 Å². The van der Waals surface area contributed by atoms with E-state index >= 15 is 0 Å². The Morgan fingerprint density at radius 1 is 0.868 bits per heavy atom. The van der Waals surface area contributed by atoms with Crippen LogP contribution in [0.1, 0.15) is 36.0 Å². The molecule has 1 aliphatic heterocycles. The molecule has 1 aliphatic rings. The van der Waals surface area contributed by atoms with Gasteiger partial charge in [0.15, 0.2) is 11.5 Å². The molecule has 2 heterocycles. The summed E-state index contributed by atoms with van der Waals surface area (Å²) in [6.45, 7) is 7.39. The lowest BCUT2D eigenvalue weighted by Crippen LogP contribution is -2.48. The Bertz CT molecular complexity index is 1370. The monoisotopic (exact) mass is 511 g/mol. The summed E-state index contributed by atoms with van der Waals surface area (Å²) in [7, 11) is 3.30. The van der Waals surface area contributed by atoms with Gasteiger partial charge in [-0.05, 0) is 41.4 Å². The van der Waals surface area contributed by atoms with Crippen molar-refractivity contribution in [2.75, 3.05) is 46.9 Å². The van der Waals surface area contributed by atoms with Crippen molar-refractivity contribution in [2.45, 2.75) is 25.8 Å². The molecule has 1 aromatic heterocycles. The van der Waals surface area contributed by atoms with Gasteiger partial charge in [0.1, 0.15) is 0 Å². The van der Waals surface area contributed by atoms with Gasteiger partial charge in [-0.2, -0.15) is 0 Å². The van der Waals surface area contributed by atoms with E-state index in [0.717, 1.165) is 50.4 Å². The second-order valence-corrected chi connectivity index (χ2v) is 9.90. The first kappa shape index (κ1) is 25.9. The van der Waals surface area contributed by atoms with Crippen LogP contribution in [0.5, 0.6) is 11.5 Å². The van der Waals surface area contributed by atoms with Crippen molar-refractivity contribution in [3.63, 3.8) is 0 Å². The maximum Gasteiger partial charge on any atom is 0.223 e. The number of aromatic nitrogens is 1. The number of likely N-dealkylation sites (N-methyl/N-ethyl adjacent to an activating group) is 1. The molecule has 0 saturated carbocycles. The molecule has 198 valence electrons. The second-order valence-electron chi connectivity index (χ2n) is 9.90. The number of hydrogen-bond donors (Lipinski definition) is 0. The summed E-state index contributed by atoms with van der Waals surface area (Å²) >= 11 is 0. The molecule has 4 aromatic rings. The van der Waals surface area contributed by atoms with Crippen LogP contribution in [0.2, 0.25) is 0 Å². The van der Waals surface area contributed by atoms with Crippen molar-refractivity contribution < 1.29 is 14.3 Å². The summed E-state index contributed by atoms with van der Waals surface area (Å²) in [5.41, 5.74) is 4.61. The number of benzene rings is 3.